The van der Waals surface area contributed by atoms with Gasteiger partial charge in [0.25, 0.3) is 0 Å². The number of carbonyl (C=O) groups is 3. The molecule has 31 heavy (non-hydrogen) atoms. The van der Waals surface area contributed by atoms with Gasteiger partial charge in [-0.05, 0) is 87.3 Å². The molecule has 4 bridgehead atoms. The highest BCUT2D eigenvalue weighted by Gasteiger charge is 2.56. The van der Waals surface area contributed by atoms with Crippen LogP contribution in [0.1, 0.15) is 58.3 Å². The number of benzene rings is 1. The standard InChI is InChI=1S/C24H30ClN3O3/c1-14(29)26-20-5-4-18(10-19(20)25)27-22(30)21-3-2-6-28(21)23(31)24-11-15-7-16(12-24)9-17(8-15)13-24/h4-5,10,15-17,21H,2-3,6-9,11-13H2,1H3,(H,26,29)(H,27,30). The largest absolute Gasteiger partial charge is 0.330 e. The molecule has 6 nitrogen and oxygen atoms in total. The van der Waals surface area contributed by atoms with Gasteiger partial charge in [0.15, 0.2) is 0 Å². The number of likely N-dealkylation sites (tertiary alicyclic amines) is 1. The molecule has 1 aromatic rings. The lowest BCUT2D eigenvalue weighted by Crippen LogP contribution is -2.56. The summed E-state index contributed by atoms with van der Waals surface area (Å²) in [5.74, 6) is 1.98. The molecule has 1 aliphatic heterocycles. The van der Waals surface area contributed by atoms with Crippen LogP contribution < -0.4 is 10.6 Å². The van der Waals surface area contributed by atoms with Crippen LogP contribution >= 0.6 is 11.6 Å². The van der Waals surface area contributed by atoms with E-state index in [1.54, 1.807) is 18.2 Å². The van der Waals surface area contributed by atoms with Gasteiger partial charge in [0.05, 0.1) is 16.1 Å². The Labute approximate surface area is 188 Å². The number of rotatable bonds is 4. The van der Waals surface area contributed by atoms with Gasteiger partial charge in [-0.15, -0.1) is 0 Å². The minimum Gasteiger partial charge on any atom is -0.330 e. The summed E-state index contributed by atoms with van der Waals surface area (Å²) >= 11 is 6.24. The fourth-order valence-electron chi connectivity index (χ4n) is 7.07. The topological polar surface area (TPSA) is 78.5 Å². The van der Waals surface area contributed by atoms with Gasteiger partial charge in [0.2, 0.25) is 17.7 Å². The van der Waals surface area contributed by atoms with Crippen LogP contribution in [0.4, 0.5) is 11.4 Å². The second-order valence-corrected chi connectivity index (χ2v) is 10.6. The van der Waals surface area contributed by atoms with Crippen molar-refractivity contribution >= 4 is 40.7 Å². The Kier molecular flexibility index (Phi) is 5.24. The third-order valence-electron chi connectivity index (χ3n) is 7.86. The first-order chi connectivity index (χ1) is 14.8. The van der Waals surface area contributed by atoms with Crippen molar-refractivity contribution < 1.29 is 14.4 Å². The fraction of sp³-hybridized carbons (Fsp3) is 0.625. The highest BCUT2D eigenvalue weighted by atomic mass is 35.5. The van der Waals surface area contributed by atoms with E-state index < -0.39 is 6.04 Å². The van der Waals surface area contributed by atoms with E-state index in [1.165, 1.54) is 26.2 Å². The third kappa shape index (κ3) is 3.84. The SMILES string of the molecule is CC(=O)Nc1ccc(NC(=O)C2CCCN2C(=O)C23CC4CC(CC(C4)C2)C3)cc1Cl. The minimum absolute atomic E-state index is 0.154. The highest BCUT2D eigenvalue weighted by Crippen LogP contribution is 2.60. The smallest absolute Gasteiger partial charge is 0.247 e. The molecule has 4 saturated carbocycles. The Morgan fingerprint density at radius 2 is 1.68 bits per heavy atom. The van der Waals surface area contributed by atoms with Crippen LogP contribution in [0.2, 0.25) is 5.02 Å². The molecule has 0 radical (unpaired) electrons. The number of nitrogens with zero attached hydrogens (tertiary/aromatic N) is 1. The van der Waals surface area contributed by atoms with Gasteiger partial charge in [-0.1, -0.05) is 11.6 Å². The molecule has 166 valence electrons. The summed E-state index contributed by atoms with van der Waals surface area (Å²) in [7, 11) is 0. The van der Waals surface area contributed by atoms with Crippen molar-refractivity contribution in [3.05, 3.63) is 23.2 Å². The lowest BCUT2D eigenvalue weighted by Gasteiger charge is -2.56. The van der Waals surface area contributed by atoms with E-state index in [2.05, 4.69) is 10.6 Å². The van der Waals surface area contributed by atoms with E-state index in [9.17, 15) is 14.4 Å². The molecule has 1 aromatic carbocycles. The Balaban J connectivity index is 1.29. The van der Waals surface area contributed by atoms with E-state index in [0.717, 1.165) is 25.7 Å². The second kappa shape index (κ2) is 7.80. The molecule has 1 atom stereocenters. The van der Waals surface area contributed by atoms with E-state index >= 15 is 0 Å². The lowest BCUT2D eigenvalue weighted by molar-refractivity contribution is -0.160. The molecule has 4 aliphatic carbocycles. The first-order valence-corrected chi connectivity index (χ1v) is 11.9. The second-order valence-electron chi connectivity index (χ2n) is 10.2. The van der Waals surface area contributed by atoms with E-state index in [1.807, 2.05) is 4.90 Å². The van der Waals surface area contributed by atoms with Crippen LogP contribution in [0.15, 0.2) is 18.2 Å². The maximum Gasteiger partial charge on any atom is 0.247 e. The van der Waals surface area contributed by atoms with Gasteiger partial charge in [-0.2, -0.15) is 0 Å². The number of amides is 3. The van der Waals surface area contributed by atoms with Gasteiger partial charge in [0.1, 0.15) is 6.04 Å². The lowest BCUT2D eigenvalue weighted by atomic mass is 9.49. The van der Waals surface area contributed by atoms with Crippen molar-refractivity contribution in [2.75, 3.05) is 17.2 Å². The molecule has 5 aliphatic rings. The van der Waals surface area contributed by atoms with Gasteiger partial charge in [-0.25, -0.2) is 0 Å². The van der Waals surface area contributed by atoms with E-state index in [0.29, 0.717) is 47.1 Å². The molecule has 1 saturated heterocycles. The Hall–Kier alpha value is -2.08. The number of halogens is 1. The Bertz CT molecular complexity index is 895. The molecule has 6 rings (SSSR count). The molecule has 0 spiro atoms. The summed E-state index contributed by atoms with van der Waals surface area (Å²) in [6.07, 6.45) is 8.50. The van der Waals surface area contributed by atoms with Crippen LogP contribution in [0.3, 0.4) is 0 Å². The zero-order valence-electron chi connectivity index (χ0n) is 18.0. The average molecular weight is 444 g/mol. The first kappa shape index (κ1) is 20.8. The van der Waals surface area contributed by atoms with Crippen molar-refractivity contribution in [2.24, 2.45) is 23.2 Å². The molecule has 1 heterocycles. The van der Waals surface area contributed by atoms with Gasteiger partial charge < -0.3 is 15.5 Å². The van der Waals surface area contributed by atoms with Crippen molar-refractivity contribution in [2.45, 2.75) is 64.3 Å². The maximum absolute atomic E-state index is 13.8. The van der Waals surface area contributed by atoms with E-state index in [-0.39, 0.29) is 23.1 Å². The highest BCUT2D eigenvalue weighted by molar-refractivity contribution is 6.34. The predicted octanol–water partition coefficient (Wildman–Crippen LogP) is 4.44. The van der Waals surface area contributed by atoms with Crippen molar-refractivity contribution in [3.63, 3.8) is 0 Å². The fourth-order valence-corrected chi connectivity index (χ4v) is 7.30. The van der Waals surface area contributed by atoms with Crippen LogP contribution in [-0.4, -0.2) is 35.2 Å². The molecule has 1 unspecified atom stereocenters. The van der Waals surface area contributed by atoms with Gasteiger partial charge >= 0.3 is 0 Å². The van der Waals surface area contributed by atoms with Crippen LogP contribution in [0.5, 0.6) is 0 Å². The Morgan fingerprint density at radius 1 is 1.03 bits per heavy atom. The molecular formula is C24H30ClN3O3. The predicted molar refractivity (Wildman–Crippen MR) is 120 cm³/mol. The normalized spacial score (nSPS) is 33.4. The molecule has 0 aromatic heterocycles. The van der Waals surface area contributed by atoms with Gasteiger partial charge in [-0.3, -0.25) is 14.4 Å². The maximum atomic E-state index is 13.8. The monoisotopic (exact) mass is 443 g/mol. The number of carbonyl (C=O) groups excluding carboxylic acids is 3. The molecule has 2 N–H and O–H groups in total. The minimum atomic E-state index is -0.422. The third-order valence-corrected chi connectivity index (χ3v) is 8.17. The van der Waals surface area contributed by atoms with Gasteiger partial charge in [0, 0.05) is 19.2 Å². The molecule has 7 heteroatoms. The summed E-state index contributed by atoms with van der Waals surface area (Å²) < 4.78 is 0. The molecule has 5 fully saturated rings. The number of nitrogens with one attached hydrogen (secondary N) is 2. The van der Waals surface area contributed by atoms with Crippen molar-refractivity contribution in [3.8, 4) is 0 Å². The summed E-state index contributed by atoms with van der Waals surface area (Å²) in [4.78, 5) is 40.0. The first-order valence-electron chi connectivity index (χ1n) is 11.5. The molecular weight excluding hydrogens is 414 g/mol. The number of anilines is 2. The summed E-state index contributed by atoms with van der Waals surface area (Å²) in [6, 6.07) is 4.60. The zero-order chi connectivity index (χ0) is 21.8. The van der Waals surface area contributed by atoms with E-state index in [4.69, 9.17) is 11.6 Å². The van der Waals surface area contributed by atoms with Crippen molar-refractivity contribution in [1.82, 2.24) is 4.90 Å². The van der Waals surface area contributed by atoms with Crippen LogP contribution in [-0.2, 0) is 14.4 Å². The van der Waals surface area contributed by atoms with Crippen LogP contribution in [0.25, 0.3) is 0 Å². The Morgan fingerprint density at radius 3 is 2.26 bits per heavy atom. The van der Waals surface area contributed by atoms with Crippen LogP contribution in [0, 0.1) is 23.2 Å². The number of hydrogen-bond acceptors (Lipinski definition) is 3. The average Bonchev–Trinajstić information content (AvgIpc) is 3.18. The summed E-state index contributed by atoms with van der Waals surface area (Å²) in [6.45, 7) is 2.09. The molecule has 3 amide bonds. The summed E-state index contributed by atoms with van der Waals surface area (Å²) in [5, 5.41) is 5.95. The zero-order valence-corrected chi connectivity index (χ0v) is 18.7. The van der Waals surface area contributed by atoms with Crippen molar-refractivity contribution in [1.29, 1.82) is 0 Å². The summed E-state index contributed by atoms with van der Waals surface area (Å²) in [5.41, 5.74) is 0.853. The quantitative estimate of drug-likeness (QED) is 0.721. The number of hydrogen-bond donors (Lipinski definition) is 2.